The van der Waals surface area contributed by atoms with E-state index in [9.17, 15) is 23.1 Å². The number of carbonyl (C=O) groups is 1. The van der Waals surface area contributed by atoms with E-state index >= 15 is 0 Å². The van der Waals surface area contributed by atoms with Gasteiger partial charge in [-0.1, -0.05) is 19.3 Å². The summed E-state index contributed by atoms with van der Waals surface area (Å²) < 4.78 is 39.0. The Morgan fingerprint density at radius 2 is 1.92 bits per heavy atom. The lowest BCUT2D eigenvalue weighted by molar-refractivity contribution is -0.263. The van der Waals surface area contributed by atoms with Gasteiger partial charge in [0.05, 0.1) is 0 Å². The number of aliphatic hydroxyl groups is 1. The van der Waals surface area contributed by atoms with Crippen molar-refractivity contribution in [2.45, 2.75) is 69.1 Å². The second-order valence-electron chi connectivity index (χ2n) is 7.22. The molecule has 1 amide bonds. The van der Waals surface area contributed by atoms with Gasteiger partial charge in [-0.3, -0.25) is 9.89 Å². The fourth-order valence-corrected chi connectivity index (χ4v) is 3.84. The highest BCUT2D eigenvalue weighted by Crippen LogP contribution is 2.38. The maximum atomic E-state index is 13.0. The zero-order valence-corrected chi connectivity index (χ0v) is 14.1. The maximum absolute atomic E-state index is 13.0. The van der Waals surface area contributed by atoms with Gasteiger partial charge < -0.3 is 10.0 Å². The molecular formula is C17H24F3N3O2. The first-order valence-corrected chi connectivity index (χ1v) is 8.94. The van der Waals surface area contributed by atoms with Crippen LogP contribution in [-0.2, 0) is 0 Å². The van der Waals surface area contributed by atoms with Crippen LogP contribution < -0.4 is 0 Å². The zero-order chi connectivity index (χ0) is 18.1. The van der Waals surface area contributed by atoms with Crippen molar-refractivity contribution in [1.82, 2.24) is 15.1 Å². The Labute approximate surface area is 144 Å². The third kappa shape index (κ3) is 3.83. The van der Waals surface area contributed by atoms with Crippen LogP contribution in [0.1, 0.15) is 73.5 Å². The summed E-state index contributed by atoms with van der Waals surface area (Å²) >= 11 is 0. The van der Waals surface area contributed by atoms with Crippen LogP contribution in [0.4, 0.5) is 13.2 Å². The SMILES string of the molecule is O=C(c1cc(C2CCCCC2)[nH]n1)N1CCCC(O)(C(F)(F)F)CC1. The number of carbonyl (C=O) groups excluding carboxylic acids is 1. The van der Waals surface area contributed by atoms with Crippen LogP contribution in [0.3, 0.4) is 0 Å². The molecule has 1 aliphatic carbocycles. The van der Waals surface area contributed by atoms with E-state index in [0.717, 1.165) is 31.4 Å². The van der Waals surface area contributed by atoms with Crippen LogP contribution in [0.25, 0.3) is 0 Å². The number of alkyl halides is 3. The Bertz CT molecular complexity index is 611. The molecule has 1 aromatic heterocycles. The Hall–Kier alpha value is -1.57. The number of halogens is 3. The largest absolute Gasteiger partial charge is 0.417 e. The number of nitrogens with one attached hydrogen (secondary N) is 1. The number of H-pyrrole nitrogens is 1. The summed E-state index contributed by atoms with van der Waals surface area (Å²) in [5.74, 6) is 0.00647. The first-order chi connectivity index (χ1) is 11.8. The molecule has 0 spiro atoms. The topological polar surface area (TPSA) is 69.2 Å². The summed E-state index contributed by atoms with van der Waals surface area (Å²) in [5, 5.41) is 16.9. The van der Waals surface area contributed by atoms with E-state index in [2.05, 4.69) is 10.2 Å². The second-order valence-corrected chi connectivity index (χ2v) is 7.22. The van der Waals surface area contributed by atoms with Crippen LogP contribution >= 0.6 is 0 Å². The number of hydrogen-bond acceptors (Lipinski definition) is 3. The summed E-state index contributed by atoms with van der Waals surface area (Å²) in [4.78, 5) is 14.0. The van der Waals surface area contributed by atoms with Gasteiger partial charge in [0.25, 0.3) is 5.91 Å². The maximum Gasteiger partial charge on any atom is 0.417 e. The molecule has 1 aliphatic heterocycles. The molecule has 2 aliphatic rings. The van der Waals surface area contributed by atoms with E-state index in [-0.39, 0.29) is 37.5 Å². The molecule has 5 nitrogen and oxygen atoms in total. The van der Waals surface area contributed by atoms with Crippen molar-refractivity contribution in [1.29, 1.82) is 0 Å². The van der Waals surface area contributed by atoms with Crippen LogP contribution in [0.5, 0.6) is 0 Å². The molecule has 0 radical (unpaired) electrons. The van der Waals surface area contributed by atoms with Gasteiger partial charge in [0.15, 0.2) is 5.60 Å². The molecule has 1 aromatic rings. The third-order valence-corrected chi connectivity index (χ3v) is 5.49. The van der Waals surface area contributed by atoms with E-state index in [1.807, 2.05) is 0 Å². The van der Waals surface area contributed by atoms with Gasteiger partial charge in [-0.15, -0.1) is 0 Å². The summed E-state index contributed by atoms with van der Waals surface area (Å²) in [6.07, 6.45) is 0.247. The average Bonchev–Trinajstić information content (AvgIpc) is 2.98. The first-order valence-electron chi connectivity index (χ1n) is 8.94. The number of rotatable bonds is 2. The monoisotopic (exact) mass is 359 g/mol. The molecule has 3 rings (SSSR count). The molecule has 140 valence electrons. The Morgan fingerprint density at radius 1 is 1.20 bits per heavy atom. The predicted octanol–water partition coefficient (Wildman–Crippen LogP) is 3.38. The zero-order valence-electron chi connectivity index (χ0n) is 14.1. The minimum Gasteiger partial charge on any atom is -0.380 e. The highest BCUT2D eigenvalue weighted by atomic mass is 19.4. The molecule has 1 unspecified atom stereocenters. The Kier molecular flexibility index (Phi) is 5.09. The molecule has 1 atom stereocenters. The van der Waals surface area contributed by atoms with Crippen LogP contribution in [0.15, 0.2) is 6.07 Å². The smallest absolute Gasteiger partial charge is 0.380 e. The lowest BCUT2D eigenvalue weighted by Crippen LogP contribution is -2.46. The highest BCUT2D eigenvalue weighted by molar-refractivity contribution is 5.92. The van der Waals surface area contributed by atoms with Crippen LogP contribution in [0.2, 0.25) is 0 Å². The van der Waals surface area contributed by atoms with E-state index < -0.39 is 18.2 Å². The fraction of sp³-hybridized carbons (Fsp3) is 0.765. The summed E-state index contributed by atoms with van der Waals surface area (Å²) in [5.41, 5.74) is -1.52. The molecule has 1 saturated heterocycles. The predicted molar refractivity (Wildman–Crippen MR) is 85.2 cm³/mol. The van der Waals surface area contributed by atoms with Gasteiger partial charge in [0.2, 0.25) is 0 Å². The average molecular weight is 359 g/mol. The van der Waals surface area contributed by atoms with Crippen molar-refractivity contribution in [2.24, 2.45) is 0 Å². The minimum atomic E-state index is -4.67. The van der Waals surface area contributed by atoms with Gasteiger partial charge in [-0.2, -0.15) is 18.3 Å². The quantitative estimate of drug-likeness (QED) is 0.851. The lowest BCUT2D eigenvalue weighted by atomic mass is 9.87. The molecular weight excluding hydrogens is 335 g/mol. The number of aromatic nitrogens is 2. The van der Waals surface area contributed by atoms with Crippen molar-refractivity contribution < 1.29 is 23.1 Å². The normalized spacial score (nSPS) is 26.5. The third-order valence-electron chi connectivity index (χ3n) is 5.49. The number of amides is 1. The molecule has 2 fully saturated rings. The van der Waals surface area contributed by atoms with E-state index in [0.29, 0.717) is 5.92 Å². The molecule has 0 aromatic carbocycles. The van der Waals surface area contributed by atoms with E-state index in [4.69, 9.17) is 0 Å². The highest BCUT2D eigenvalue weighted by Gasteiger charge is 2.53. The van der Waals surface area contributed by atoms with Crippen molar-refractivity contribution in [3.8, 4) is 0 Å². The molecule has 25 heavy (non-hydrogen) atoms. The summed E-state index contributed by atoms with van der Waals surface area (Å²) in [6.45, 7) is 0.0727. The van der Waals surface area contributed by atoms with Gasteiger partial charge in [-0.25, -0.2) is 0 Å². The molecule has 2 N–H and O–H groups in total. The Balaban J connectivity index is 1.66. The number of likely N-dealkylation sites (tertiary alicyclic amines) is 1. The summed E-state index contributed by atoms with van der Waals surface area (Å²) in [7, 11) is 0. The Morgan fingerprint density at radius 3 is 2.60 bits per heavy atom. The molecule has 1 saturated carbocycles. The number of aromatic amines is 1. The van der Waals surface area contributed by atoms with Crippen molar-refractivity contribution in [2.75, 3.05) is 13.1 Å². The van der Waals surface area contributed by atoms with Crippen molar-refractivity contribution in [3.63, 3.8) is 0 Å². The standard InChI is InChI=1S/C17H24F3N3O2/c18-17(19,20)16(25)7-4-9-23(10-8-16)15(24)14-11-13(21-22-14)12-5-2-1-3-6-12/h11-12,25H,1-10H2,(H,21,22). The van der Waals surface area contributed by atoms with Gasteiger partial charge >= 0.3 is 6.18 Å². The van der Waals surface area contributed by atoms with Crippen LogP contribution in [0, 0.1) is 0 Å². The fourth-order valence-electron chi connectivity index (χ4n) is 3.84. The first kappa shape index (κ1) is 18.2. The van der Waals surface area contributed by atoms with Crippen molar-refractivity contribution >= 4 is 5.91 Å². The van der Waals surface area contributed by atoms with Gasteiger partial charge in [0.1, 0.15) is 5.69 Å². The number of hydrogen-bond donors (Lipinski definition) is 2. The second kappa shape index (κ2) is 6.97. The molecule has 2 heterocycles. The summed E-state index contributed by atoms with van der Waals surface area (Å²) in [6, 6.07) is 1.74. The van der Waals surface area contributed by atoms with E-state index in [1.54, 1.807) is 6.07 Å². The molecule has 0 bridgehead atoms. The number of nitrogens with zero attached hydrogens (tertiary/aromatic N) is 2. The van der Waals surface area contributed by atoms with Gasteiger partial charge in [0, 0.05) is 31.1 Å². The molecule has 8 heteroatoms. The van der Waals surface area contributed by atoms with Gasteiger partial charge in [-0.05, 0) is 31.7 Å². The van der Waals surface area contributed by atoms with E-state index in [1.165, 1.54) is 11.3 Å². The van der Waals surface area contributed by atoms with Crippen molar-refractivity contribution in [3.05, 3.63) is 17.5 Å². The lowest BCUT2D eigenvalue weighted by Gasteiger charge is -2.29. The minimum absolute atomic E-state index is 0.113. The van der Waals surface area contributed by atoms with Crippen LogP contribution in [-0.4, -0.2) is 51.0 Å².